The zero-order chi connectivity index (χ0) is 74.9. The lowest BCUT2D eigenvalue weighted by atomic mass is 9.96. The van der Waals surface area contributed by atoms with Gasteiger partial charge in [0.15, 0.2) is 18.7 Å². The fraction of sp³-hybridized carbons (Fsp3) is 0.737. The third-order valence-electron chi connectivity index (χ3n) is 14.4. The van der Waals surface area contributed by atoms with Gasteiger partial charge in [-0.1, -0.05) is 54.9 Å². The Bertz CT molecular complexity index is 3310. The molecule has 3 aromatic rings. The average molecular weight is 1530 g/mol. The van der Waals surface area contributed by atoms with Crippen LogP contribution >= 0.6 is 54.3 Å². The smallest absolute Gasteiger partial charge is 0.330 e. The SMILES string of the molecule is CCCSP(=O)(N[C@H](C)C(=O)OC(C)C)OC[C@H]1O[C@@H](n2ccc(=O)[nH]c2=O)[C@](C)(O)[C@@H]1O.CCCS[P@@](=O)(N[C@H](C)C(=O)OC(C)C)OC[C@H]1O[C@@H](n2ccc(=O)[nH]c2=O)[C@](C)(O)[C@@H]1O.CCCS[P@](=O)(N[C@H](C)C(=O)OC(C)C)OC[C@H]1O[C@@H](n2ccc(=O)[nH]c2=O)[C@](C)(O)[C@@H]1O. The molecule has 1 unspecified atom stereocenters. The molecule has 18 atom stereocenters. The molecule has 0 aromatic carbocycles. The molecular formula is C57H96N9O27P3S3. The molecule has 42 heteroatoms. The number of aromatic nitrogens is 6. The van der Waals surface area contributed by atoms with Gasteiger partial charge >= 0.3 is 55.1 Å². The first-order valence-electron chi connectivity index (χ1n) is 31.7. The number of rotatable bonds is 33. The number of hydrogen-bond donors (Lipinski definition) is 12. The van der Waals surface area contributed by atoms with Crippen molar-refractivity contribution in [1.29, 1.82) is 0 Å². The number of esters is 3. The van der Waals surface area contributed by atoms with Gasteiger partial charge in [0.05, 0.1) is 38.1 Å². The minimum atomic E-state index is -3.64. The molecule has 0 amide bonds. The quantitative estimate of drug-likeness (QED) is 0.0236. The Morgan fingerprint density at radius 1 is 0.475 bits per heavy atom. The van der Waals surface area contributed by atoms with Crippen LogP contribution in [0.1, 0.15) is 142 Å². The van der Waals surface area contributed by atoms with Gasteiger partial charge in [-0.3, -0.25) is 71.1 Å². The standard InChI is InChI=1S/3C19H32N3O9PS/c3*1-6-9-33-32(28,21-12(4)16(25)30-11(2)3)29-10-13-15(24)19(5,27)17(31-13)22-8-7-14(23)20-18(22)26/h3*7-8,11-13,15,17,24,27H,6,9-10H2,1-5H3,(H,21,28)(H,20,23,26)/t12-,13-,15-,17-,19-,32?;12-,13-,15-,17-,19-,32+;12-,13-,15-,17-,19-,32-/m111/s1. The summed E-state index contributed by atoms with van der Waals surface area (Å²) in [5, 5.41) is 72.2. The number of carbonyl (C=O) groups is 3. The van der Waals surface area contributed by atoms with Crippen LogP contribution in [0.15, 0.2) is 65.6 Å². The molecule has 3 aliphatic heterocycles. The van der Waals surface area contributed by atoms with Crippen LogP contribution in [0.5, 0.6) is 0 Å². The van der Waals surface area contributed by atoms with Crippen LogP contribution in [0.4, 0.5) is 0 Å². The lowest BCUT2D eigenvalue weighted by Gasteiger charge is -2.27. The molecule has 0 saturated carbocycles. The van der Waals surface area contributed by atoms with E-state index in [2.05, 4.69) is 30.2 Å². The van der Waals surface area contributed by atoms with Crippen LogP contribution in [0.2, 0.25) is 0 Å². The molecule has 0 bridgehead atoms. The number of nitrogens with one attached hydrogen (secondary N) is 6. The Kier molecular flexibility index (Phi) is 33.3. The third kappa shape index (κ3) is 24.6. The van der Waals surface area contributed by atoms with Crippen molar-refractivity contribution in [3.63, 3.8) is 0 Å². The van der Waals surface area contributed by atoms with Gasteiger partial charge in [-0.05, 0) is 102 Å². The summed E-state index contributed by atoms with van der Waals surface area (Å²) >= 11 is 2.98. The second-order valence-corrected chi connectivity index (χ2v) is 37.7. The maximum atomic E-state index is 13.4. The predicted octanol–water partition coefficient (Wildman–Crippen LogP) is 2.23. The third-order valence-corrected chi connectivity index (χ3v) is 27.3. The molecule has 3 fully saturated rings. The number of aliphatic hydroxyl groups excluding tert-OH is 3. The highest BCUT2D eigenvalue weighted by Crippen LogP contribution is 2.59. The van der Waals surface area contributed by atoms with Gasteiger partial charge in [-0.25, -0.2) is 29.6 Å². The zero-order valence-electron chi connectivity index (χ0n) is 57.7. The maximum Gasteiger partial charge on any atom is 0.330 e. The van der Waals surface area contributed by atoms with Gasteiger partial charge in [-0.15, -0.1) is 0 Å². The molecule has 564 valence electrons. The maximum absolute atomic E-state index is 13.4. The summed E-state index contributed by atoms with van der Waals surface area (Å²) < 4.78 is 92.1. The van der Waals surface area contributed by atoms with E-state index < -0.39 is 182 Å². The van der Waals surface area contributed by atoms with Crippen LogP contribution in [-0.4, -0.2) is 204 Å². The topological polar surface area (TPSA) is 508 Å². The zero-order valence-corrected chi connectivity index (χ0v) is 62.8. The first kappa shape index (κ1) is 87.0. The highest BCUT2D eigenvalue weighted by Gasteiger charge is 2.57. The van der Waals surface area contributed by atoms with Crippen LogP contribution in [0.3, 0.4) is 0 Å². The van der Waals surface area contributed by atoms with E-state index in [1.54, 1.807) is 41.5 Å². The van der Waals surface area contributed by atoms with Crippen LogP contribution in [0, 0.1) is 0 Å². The summed E-state index contributed by atoms with van der Waals surface area (Å²) in [7, 11) is 0. The fourth-order valence-corrected chi connectivity index (χ4v) is 21.2. The second kappa shape index (κ2) is 37.9. The number of aromatic amines is 3. The molecule has 0 radical (unpaired) electrons. The van der Waals surface area contributed by atoms with Gasteiger partial charge in [0.1, 0.15) is 71.6 Å². The Morgan fingerprint density at radius 3 is 0.889 bits per heavy atom. The lowest BCUT2D eigenvalue weighted by Crippen LogP contribution is -2.46. The molecule has 3 saturated heterocycles. The van der Waals surface area contributed by atoms with E-state index in [0.717, 1.165) is 84.6 Å². The van der Waals surface area contributed by atoms with E-state index in [-0.39, 0.29) is 18.3 Å². The number of aliphatic hydroxyl groups is 6. The van der Waals surface area contributed by atoms with Crippen molar-refractivity contribution in [1.82, 2.24) is 43.9 Å². The van der Waals surface area contributed by atoms with E-state index in [4.69, 9.17) is 42.0 Å². The van der Waals surface area contributed by atoms with E-state index in [0.29, 0.717) is 36.5 Å². The van der Waals surface area contributed by atoms with E-state index in [1.165, 1.54) is 41.5 Å². The molecule has 0 aliphatic carbocycles. The molecule has 3 aromatic heterocycles. The molecule has 12 N–H and O–H groups in total. The largest absolute Gasteiger partial charge is 0.462 e. The average Bonchev–Trinajstić information content (AvgIpc) is 1.64. The first-order chi connectivity index (χ1) is 45.9. The number of nitrogens with zero attached hydrogens (tertiary/aromatic N) is 3. The minimum absolute atomic E-state index is 0.345. The minimum Gasteiger partial charge on any atom is -0.462 e. The molecule has 6 heterocycles. The first-order valence-corrected chi connectivity index (χ1v) is 41.3. The van der Waals surface area contributed by atoms with Crippen molar-refractivity contribution in [2.75, 3.05) is 37.1 Å². The highest BCUT2D eigenvalue weighted by molar-refractivity contribution is 8.56. The van der Waals surface area contributed by atoms with E-state index in [9.17, 15) is 87.5 Å². The summed E-state index contributed by atoms with van der Waals surface area (Å²) in [5.74, 6) is -0.373. The second-order valence-electron chi connectivity index (χ2n) is 24.5. The van der Waals surface area contributed by atoms with Gasteiger partial charge in [0.25, 0.3) is 16.7 Å². The van der Waals surface area contributed by atoms with Gasteiger partial charge < -0.3 is 72.6 Å². The number of carbonyl (C=O) groups excluding carboxylic acids is 3. The number of hydrogen-bond acceptors (Lipinski definition) is 30. The fourth-order valence-electron chi connectivity index (χ4n) is 9.33. The van der Waals surface area contributed by atoms with Crippen molar-refractivity contribution in [3.05, 3.63) is 99.3 Å². The Morgan fingerprint density at radius 2 is 0.697 bits per heavy atom. The summed E-state index contributed by atoms with van der Waals surface area (Å²) in [4.78, 5) is 113. The van der Waals surface area contributed by atoms with Crippen molar-refractivity contribution < 1.29 is 101 Å². The van der Waals surface area contributed by atoms with Gasteiger partial charge in [-0.2, -0.15) is 0 Å². The summed E-state index contributed by atoms with van der Waals surface area (Å²) in [5.41, 5.74) is -10.1. The van der Waals surface area contributed by atoms with Crippen molar-refractivity contribution in [3.8, 4) is 0 Å². The summed E-state index contributed by atoms with van der Waals surface area (Å²) in [6.07, 6.45) is -7.51. The molecule has 36 nitrogen and oxygen atoms in total. The predicted molar refractivity (Wildman–Crippen MR) is 366 cm³/mol. The van der Waals surface area contributed by atoms with Crippen molar-refractivity contribution >= 4 is 72.2 Å². The number of ether oxygens (including phenoxy) is 6. The van der Waals surface area contributed by atoms with Crippen molar-refractivity contribution in [2.45, 2.75) is 232 Å². The lowest BCUT2D eigenvalue weighted by molar-refractivity contribution is -0.149. The Labute approximate surface area is 582 Å². The Hall–Kier alpha value is -4.41. The molecule has 0 spiro atoms. The summed E-state index contributed by atoms with van der Waals surface area (Å²) in [6.45, 7) is 12.0. The normalized spacial score (nSPS) is 27.9. The summed E-state index contributed by atoms with van der Waals surface area (Å²) in [6, 6.07) is 0.462. The van der Waals surface area contributed by atoms with E-state index >= 15 is 0 Å². The van der Waals surface area contributed by atoms with Crippen LogP contribution < -0.4 is 49.0 Å². The van der Waals surface area contributed by atoms with Crippen molar-refractivity contribution in [2.24, 2.45) is 0 Å². The molecule has 3 aliphatic rings. The number of H-pyrrole nitrogens is 3. The molecule has 6 rings (SSSR count). The van der Waals surface area contributed by atoms with Crippen LogP contribution in [0.25, 0.3) is 0 Å². The van der Waals surface area contributed by atoms with Gasteiger partial charge in [0.2, 0.25) is 0 Å². The van der Waals surface area contributed by atoms with Crippen LogP contribution in [-0.2, 0) is 70.1 Å². The monoisotopic (exact) mass is 1530 g/mol. The Balaban J connectivity index is 0.000000315. The van der Waals surface area contributed by atoms with E-state index in [1.807, 2.05) is 20.8 Å². The molecular weight excluding hydrogens is 1430 g/mol. The molecule has 99 heavy (non-hydrogen) atoms. The highest BCUT2D eigenvalue weighted by atomic mass is 32.7. The van der Waals surface area contributed by atoms with Gasteiger partial charge in [0, 0.05) is 54.0 Å².